The van der Waals surface area contributed by atoms with Gasteiger partial charge >= 0.3 is 0 Å². The largest absolute Gasteiger partial charge is 0.497 e. The summed E-state index contributed by atoms with van der Waals surface area (Å²) in [6, 6.07) is 14.6. The molecule has 0 aliphatic heterocycles. The van der Waals surface area contributed by atoms with Crippen molar-refractivity contribution in [3.8, 4) is 11.5 Å². The highest BCUT2D eigenvalue weighted by Gasteiger charge is 2.27. The Morgan fingerprint density at radius 1 is 1.06 bits per heavy atom. The molecule has 1 atom stereocenters. The number of ether oxygens (including phenoxy) is 2. The molecule has 174 valence electrons. The molecular weight excluding hydrogens is 404 g/mol. The van der Waals surface area contributed by atoms with E-state index in [9.17, 15) is 9.59 Å². The van der Waals surface area contributed by atoms with Crippen molar-refractivity contribution in [3.63, 3.8) is 0 Å². The van der Waals surface area contributed by atoms with E-state index in [-0.39, 0.29) is 23.8 Å². The molecule has 0 saturated heterocycles. The number of benzene rings is 2. The third-order valence-electron chi connectivity index (χ3n) is 5.27. The molecule has 0 radical (unpaired) electrons. The van der Waals surface area contributed by atoms with Crippen molar-refractivity contribution in [2.75, 3.05) is 20.3 Å². The third kappa shape index (κ3) is 7.01. The number of nitrogens with one attached hydrogen (secondary N) is 1. The molecule has 32 heavy (non-hydrogen) atoms. The summed E-state index contributed by atoms with van der Waals surface area (Å²) >= 11 is 0. The van der Waals surface area contributed by atoms with Crippen molar-refractivity contribution in [2.24, 2.45) is 0 Å². The van der Waals surface area contributed by atoms with Gasteiger partial charge in [-0.25, -0.2) is 0 Å². The lowest BCUT2D eigenvalue weighted by Crippen LogP contribution is -2.49. The van der Waals surface area contributed by atoms with Crippen LogP contribution in [0, 0.1) is 0 Å². The van der Waals surface area contributed by atoms with E-state index in [1.54, 1.807) is 18.9 Å². The van der Waals surface area contributed by atoms with Crippen molar-refractivity contribution in [2.45, 2.75) is 59.0 Å². The van der Waals surface area contributed by atoms with Gasteiger partial charge in [0.2, 0.25) is 5.91 Å². The van der Waals surface area contributed by atoms with Crippen molar-refractivity contribution in [1.82, 2.24) is 10.2 Å². The fourth-order valence-electron chi connectivity index (χ4n) is 3.34. The number of nitrogens with zero attached hydrogens (tertiary/aromatic N) is 1. The second-order valence-corrected chi connectivity index (χ2v) is 8.87. The van der Waals surface area contributed by atoms with Gasteiger partial charge in [-0.2, -0.15) is 0 Å². The van der Waals surface area contributed by atoms with Gasteiger partial charge in [0, 0.05) is 13.1 Å². The lowest BCUT2D eigenvalue weighted by atomic mass is 9.86. The highest BCUT2D eigenvalue weighted by atomic mass is 16.5. The molecule has 1 N–H and O–H groups in total. The summed E-state index contributed by atoms with van der Waals surface area (Å²) in [6.07, 6.45) is 0.831. The molecule has 0 saturated carbocycles. The average molecular weight is 441 g/mol. The van der Waals surface area contributed by atoms with Crippen LogP contribution >= 0.6 is 0 Å². The second kappa shape index (κ2) is 11.6. The van der Waals surface area contributed by atoms with Gasteiger partial charge in [-0.15, -0.1) is 0 Å². The quantitative estimate of drug-likeness (QED) is 0.598. The summed E-state index contributed by atoms with van der Waals surface area (Å²) in [7, 11) is 1.61. The normalized spacial score (nSPS) is 12.1. The van der Waals surface area contributed by atoms with Crippen molar-refractivity contribution < 1.29 is 19.1 Å². The summed E-state index contributed by atoms with van der Waals surface area (Å²) in [5, 5.41) is 2.88. The fourth-order valence-corrected chi connectivity index (χ4v) is 3.34. The van der Waals surface area contributed by atoms with Gasteiger partial charge in [0.25, 0.3) is 5.91 Å². The first-order valence-electron chi connectivity index (χ1n) is 11.1. The predicted octanol–water partition coefficient (Wildman–Crippen LogP) is 4.32. The predicted molar refractivity (Wildman–Crippen MR) is 127 cm³/mol. The summed E-state index contributed by atoms with van der Waals surface area (Å²) in [5.41, 5.74) is 1.82. The van der Waals surface area contributed by atoms with Crippen LogP contribution < -0.4 is 14.8 Å². The topological polar surface area (TPSA) is 67.9 Å². The number of hydrogen-bond donors (Lipinski definition) is 1. The maximum Gasteiger partial charge on any atom is 0.261 e. The van der Waals surface area contributed by atoms with E-state index >= 15 is 0 Å². The maximum atomic E-state index is 13.2. The highest BCUT2D eigenvalue weighted by molar-refractivity contribution is 5.88. The first-order valence-corrected chi connectivity index (χ1v) is 11.1. The van der Waals surface area contributed by atoms with Crippen LogP contribution in [0.3, 0.4) is 0 Å². The minimum absolute atomic E-state index is 0.115. The molecule has 0 aliphatic carbocycles. The smallest absolute Gasteiger partial charge is 0.261 e. The SMILES string of the molecule is CCCNC(=O)[C@@H](C)N(Cc1ccc(OC)cc1)C(=O)COc1ccccc1C(C)(C)C. The zero-order valence-corrected chi connectivity index (χ0v) is 20.1. The van der Waals surface area contributed by atoms with E-state index in [4.69, 9.17) is 9.47 Å². The number of para-hydroxylation sites is 1. The van der Waals surface area contributed by atoms with E-state index in [0.29, 0.717) is 18.8 Å². The molecular formula is C26H36N2O4. The van der Waals surface area contributed by atoms with Crippen LogP contribution in [0.5, 0.6) is 11.5 Å². The Balaban J connectivity index is 2.20. The molecule has 2 amide bonds. The van der Waals surface area contributed by atoms with Crippen LogP contribution in [0.1, 0.15) is 52.2 Å². The molecule has 2 aromatic carbocycles. The number of carbonyl (C=O) groups is 2. The number of hydrogen-bond acceptors (Lipinski definition) is 4. The van der Waals surface area contributed by atoms with Gasteiger partial charge in [0.1, 0.15) is 17.5 Å². The Kier molecular flexibility index (Phi) is 9.12. The summed E-state index contributed by atoms with van der Waals surface area (Å²) in [5.74, 6) is 0.996. The van der Waals surface area contributed by atoms with E-state index in [1.165, 1.54) is 0 Å². The Bertz CT molecular complexity index is 887. The van der Waals surface area contributed by atoms with Gasteiger partial charge in [-0.3, -0.25) is 9.59 Å². The van der Waals surface area contributed by atoms with Crippen LogP contribution in [-0.4, -0.2) is 43.0 Å². The Morgan fingerprint density at radius 2 is 1.72 bits per heavy atom. The van der Waals surface area contributed by atoms with Crippen LogP contribution in [0.15, 0.2) is 48.5 Å². The molecule has 2 aromatic rings. The zero-order valence-electron chi connectivity index (χ0n) is 20.1. The van der Waals surface area contributed by atoms with E-state index in [1.807, 2.05) is 55.5 Å². The Morgan fingerprint density at radius 3 is 2.31 bits per heavy atom. The molecule has 0 heterocycles. The second-order valence-electron chi connectivity index (χ2n) is 8.87. The van der Waals surface area contributed by atoms with Gasteiger partial charge in [-0.05, 0) is 48.1 Å². The average Bonchev–Trinajstić information content (AvgIpc) is 2.78. The van der Waals surface area contributed by atoms with Gasteiger partial charge in [0.15, 0.2) is 6.61 Å². The Labute approximate surface area is 191 Å². The standard InChI is InChI=1S/C26H36N2O4/c1-7-16-27-25(30)19(2)28(17-20-12-14-21(31-6)15-13-20)24(29)18-32-23-11-9-8-10-22(23)26(3,4)5/h8-15,19H,7,16-18H2,1-6H3,(H,27,30)/t19-/m1/s1. The van der Waals surface area contributed by atoms with E-state index in [2.05, 4.69) is 26.1 Å². The van der Waals surface area contributed by atoms with Crippen molar-refractivity contribution in [3.05, 3.63) is 59.7 Å². The minimum atomic E-state index is -0.627. The van der Waals surface area contributed by atoms with E-state index in [0.717, 1.165) is 23.3 Å². The number of carbonyl (C=O) groups excluding carboxylic acids is 2. The Hall–Kier alpha value is -3.02. The van der Waals surface area contributed by atoms with Crippen LogP contribution in [0.25, 0.3) is 0 Å². The van der Waals surface area contributed by atoms with Crippen molar-refractivity contribution in [1.29, 1.82) is 0 Å². The summed E-state index contributed by atoms with van der Waals surface area (Å²) in [4.78, 5) is 27.4. The van der Waals surface area contributed by atoms with Crippen LogP contribution in [0.2, 0.25) is 0 Å². The number of methoxy groups -OCH3 is 1. The zero-order chi connectivity index (χ0) is 23.7. The monoisotopic (exact) mass is 440 g/mol. The molecule has 6 nitrogen and oxygen atoms in total. The molecule has 6 heteroatoms. The molecule has 0 aromatic heterocycles. The first-order chi connectivity index (χ1) is 15.2. The summed E-state index contributed by atoms with van der Waals surface area (Å²) < 4.78 is 11.2. The molecule has 0 bridgehead atoms. The maximum absolute atomic E-state index is 13.2. The number of amides is 2. The van der Waals surface area contributed by atoms with Gasteiger partial charge < -0.3 is 19.7 Å². The van der Waals surface area contributed by atoms with Gasteiger partial charge in [-0.1, -0.05) is 58.0 Å². The third-order valence-corrected chi connectivity index (χ3v) is 5.27. The molecule has 0 unspecified atom stereocenters. The highest BCUT2D eigenvalue weighted by Crippen LogP contribution is 2.31. The van der Waals surface area contributed by atoms with Crippen LogP contribution in [0.4, 0.5) is 0 Å². The fraction of sp³-hybridized carbons (Fsp3) is 0.462. The lowest BCUT2D eigenvalue weighted by molar-refractivity contribution is -0.142. The molecule has 0 aliphatic rings. The first kappa shape index (κ1) is 25.2. The lowest BCUT2D eigenvalue weighted by Gasteiger charge is -2.29. The van der Waals surface area contributed by atoms with E-state index < -0.39 is 6.04 Å². The number of rotatable bonds is 10. The van der Waals surface area contributed by atoms with Crippen LogP contribution in [-0.2, 0) is 21.5 Å². The van der Waals surface area contributed by atoms with Crippen molar-refractivity contribution >= 4 is 11.8 Å². The van der Waals surface area contributed by atoms with Gasteiger partial charge in [0.05, 0.1) is 7.11 Å². The molecule has 0 fully saturated rings. The molecule has 0 spiro atoms. The molecule has 2 rings (SSSR count). The summed E-state index contributed by atoms with van der Waals surface area (Å²) in [6.45, 7) is 10.8. The minimum Gasteiger partial charge on any atom is -0.497 e.